The first-order valence-electron chi connectivity index (χ1n) is 12.2. The second kappa shape index (κ2) is 10.6. The van der Waals surface area contributed by atoms with Gasteiger partial charge in [-0.1, -0.05) is 6.07 Å². The Balaban J connectivity index is 1.57. The van der Waals surface area contributed by atoms with Crippen LogP contribution in [-0.2, 0) is 0 Å². The van der Waals surface area contributed by atoms with Gasteiger partial charge in [0.25, 0.3) is 0 Å². The number of benzene rings is 2. The highest BCUT2D eigenvalue weighted by Gasteiger charge is 2.42. The summed E-state index contributed by atoms with van der Waals surface area (Å²) < 4.78 is 12.1. The number of nitrogens with zero attached hydrogens (tertiary/aromatic N) is 2. The quantitative estimate of drug-likeness (QED) is 0.238. The molecule has 0 spiro atoms. The molecule has 1 aliphatic heterocycles. The number of ether oxygens (including phenoxy) is 1. The molecular weight excluding hydrogens is 518 g/mol. The number of nitrogens with one attached hydrogen (secondary N) is 1. The Hall–Kier alpha value is -4.70. The Morgan fingerprint density at radius 1 is 1.00 bits per heavy atom. The summed E-state index contributed by atoms with van der Waals surface area (Å²) in [6.45, 7) is 3.92. The first-order chi connectivity index (χ1) is 18.7. The summed E-state index contributed by atoms with van der Waals surface area (Å²) in [5.74, 6) is -0.870. The fraction of sp³-hybridized carbons (Fsp3) is 0.172. The van der Waals surface area contributed by atoms with Crippen LogP contribution in [0.1, 0.15) is 58.1 Å². The van der Waals surface area contributed by atoms with E-state index in [-0.39, 0.29) is 23.3 Å². The third-order valence-corrected chi connectivity index (χ3v) is 6.53. The van der Waals surface area contributed by atoms with Gasteiger partial charge in [0.15, 0.2) is 5.11 Å². The zero-order chi connectivity index (χ0) is 27.7. The molecule has 1 aliphatic rings. The molecule has 2 aromatic carbocycles. The number of hydrogen-bond donors (Lipinski definition) is 3. The Labute approximate surface area is 229 Å². The molecule has 0 saturated carbocycles. The van der Waals surface area contributed by atoms with Gasteiger partial charge in [0, 0.05) is 17.4 Å². The Kier molecular flexibility index (Phi) is 7.03. The number of aromatic nitrogens is 1. The van der Waals surface area contributed by atoms with Gasteiger partial charge in [-0.15, -0.1) is 0 Å². The molecule has 3 heterocycles. The van der Waals surface area contributed by atoms with Crippen molar-refractivity contribution in [2.75, 3.05) is 4.90 Å². The number of rotatable bonds is 8. The summed E-state index contributed by atoms with van der Waals surface area (Å²) in [7, 11) is 0. The predicted octanol–water partition coefficient (Wildman–Crippen LogP) is 5.70. The maximum absolute atomic E-state index is 11.6. The zero-order valence-electron chi connectivity index (χ0n) is 21.1. The Bertz CT molecular complexity index is 1500. The lowest BCUT2D eigenvalue weighted by Crippen LogP contribution is -2.29. The molecule has 1 fully saturated rings. The third-order valence-electron chi connectivity index (χ3n) is 6.21. The van der Waals surface area contributed by atoms with Gasteiger partial charge in [0.05, 0.1) is 29.0 Å². The first kappa shape index (κ1) is 25.9. The number of anilines is 1. The topological polar surface area (TPSA) is 125 Å². The molecule has 10 heteroatoms. The predicted molar refractivity (Wildman–Crippen MR) is 148 cm³/mol. The molecule has 2 aromatic heterocycles. The second-order valence-electron chi connectivity index (χ2n) is 9.27. The van der Waals surface area contributed by atoms with Gasteiger partial charge < -0.3 is 29.6 Å². The van der Waals surface area contributed by atoms with Crippen LogP contribution in [0.15, 0.2) is 83.4 Å². The van der Waals surface area contributed by atoms with E-state index in [9.17, 15) is 19.8 Å². The van der Waals surface area contributed by atoms with Crippen LogP contribution >= 0.6 is 12.2 Å². The number of hydrogen-bond acceptors (Lipinski definition) is 6. The molecule has 0 amide bonds. The van der Waals surface area contributed by atoms with Crippen LogP contribution in [-0.4, -0.2) is 38.4 Å². The van der Waals surface area contributed by atoms with E-state index in [4.69, 9.17) is 21.4 Å². The Morgan fingerprint density at radius 3 is 2.28 bits per heavy atom. The van der Waals surface area contributed by atoms with E-state index in [1.807, 2.05) is 61.2 Å². The van der Waals surface area contributed by atoms with E-state index in [0.717, 1.165) is 23.2 Å². The van der Waals surface area contributed by atoms with Crippen LogP contribution in [0.2, 0.25) is 0 Å². The van der Waals surface area contributed by atoms with Gasteiger partial charge in [-0.05, 0) is 92.8 Å². The lowest BCUT2D eigenvalue weighted by Gasteiger charge is -2.26. The van der Waals surface area contributed by atoms with Crippen molar-refractivity contribution in [2.24, 2.45) is 0 Å². The van der Waals surface area contributed by atoms with E-state index in [1.54, 1.807) is 18.3 Å². The maximum atomic E-state index is 11.6. The lowest BCUT2D eigenvalue weighted by atomic mass is 10.0. The van der Waals surface area contributed by atoms with E-state index in [1.165, 1.54) is 12.1 Å². The highest BCUT2D eigenvalue weighted by molar-refractivity contribution is 7.80. The van der Waals surface area contributed by atoms with Gasteiger partial charge in [0.1, 0.15) is 23.3 Å². The fourth-order valence-electron chi connectivity index (χ4n) is 4.56. The molecule has 0 bridgehead atoms. The molecule has 4 aromatic rings. The average Bonchev–Trinajstić information content (AvgIpc) is 3.54. The molecule has 2 atom stereocenters. The van der Waals surface area contributed by atoms with Crippen molar-refractivity contribution in [3.8, 4) is 17.1 Å². The third kappa shape index (κ3) is 5.32. The van der Waals surface area contributed by atoms with Gasteiger partial charge >= 0.3 is 11.9 Å². The second-order valence-corrected chi connectivity index (χ2v) is 9.66. The minimum Gasteiger partial charge on any atom is -0.491 e. The van der Waals surface area contributed by atoms with Crippen molar-refractivity contribution in [2.45, 2.75) is 32.0 Å². The molecule has 0 aliphatic carbocycles. The summed E-state index contributed by atoms with van der Waals surface area (Å²) in [5, 5.41) is 22.8. The minimum absolute atomic E-state index is 0.0366. The van der Waals surface area contributed by atoms with Gasteiger partial charge in [-0.25, -0.2) is 9.59 Å². The molecule has 198 valence electrons. The SMILES string of the molecule is CC(C)Oc1ccc(N2C(=S)NC(c3ccccn3)C2c2ccc(-c3cc(C(=O)O)cc(C(=O)O)c3)o2)cc1. The first-order valence-corrected chi connectivity index (χ1v) is 12.6. The molecule has 0 radical (unpaired) electrons. The van der Waals surface area contributed by atoms with Crippen LogP contribution in [0.3, 0.4) is 0 Å². The highest BCUT2D eigenvalue weighted by Crippen LogP contribution is 2.43. The molecule has 39 heavy (non-hydrogen) atoms. The van der Waals surface area contributed by atoms with Crippen molar-refractivity contribution >= 4 is 35.0 Å². The zero-order valence-corrected chi connectivity index (χ0v) is 21.9. The van der Waals surface area contributed by atoms with Crippen molar-refractivity contribution < 1.29 is 29.0 Å². The largest absolute Gasteiger partial charge is 0.491 e. The molecule has 3 N–H and O–H groups in total. The number of carboxylic acid groups (broad SMARTS) is 2. The normalized spacial score (nSPS) is 16.8. The number of pyridine rings is 1. The average molecular weight is 544 g/mol. The number of furan rings is 1. The number of carboxylic acids is 2. The summed E-state index contributed by atoms with van der Waals surface area (Å²) in [4.78, 5) is 29.7. The molecular formula is C29H25N3O6S. The standard InChI is InChI=1S/C29H25N3O6S/c1-16(2)37-21-8-6-20(7-9-21)32-26(25(31-29(32)39)22-5-3-4-12-30-22)24-11-10-23(38-24)17-13-18(27(33)34)15-19(14-17)28(35)36/h3-16,25-26H,1-2H3,(H,31,39)(H,33,34)(H,35,36). The van der Waals surface area contributed by atoms with E-state index in [2.05, 4.69) is 10.3 Å². The highest BCUT2D eigenvalue weighted by atomic mass is 32.1. The molecule has 5 rings (SSSR count). The van der Waals surface area contributed by atoms with Crippen LogP contribution in [0.4, 0.5) is 5.69 Å². The summed E-state index contributed by atoms with van der Waals surface area (Å²) in [6.07, 6.45) is 1.74. The minimum atomic E-state index is -1.23. The van der Waals surface area contributed by atoms with Gasteiger partial charge in [-0.2, -0.15) is 0 Å². The van der Waals surface area contributed by atoms with Crippen molar-refractivity contribution in [3.63, 3.8) is 0 Å². The van der Waals surface area contributed by atoms with Crippen LogP contribution in [0.5, 0.6) is 5.75 Å². The monoisotopic (exact) mass is 543 g/mol. The fourth-order valence-corrected chi connectivity index (χ4v) is 4.91. The van der Waals surface area contributed by atoms with Crippen LogP contribution < -0.4 is 15.0 Å². The molecule has 9 nitrogen and oxygen atoms in total. The van der Waals surface area contributed by atoms with Crippen molar-refractivity contribution in [3.05, 3.63) is 102 Å². The van der Waals surface area contributed by atoms with Gasteiger partial charge in [-0.3, -0.25) is 4.98 Å². The number of carbonyl (C=O) groups is 2. The maximum Gasteiger partial charge on any atom is 0.335 e. The van der Waals surface area contributed by atoms with E-state index >= 15 is 0 Å². The van der Waals surface area contributed by atoms with E-state index in [0.29, 0.717) is 22.2 Å². The summed E-state index contributed by atoms with van der Waals surface area (Å²) >= 11 is 5.75. The lowest BCUT2D eigenvalue weighted by molar-refractivity contribution is 0.0696. The van der Waals surface area contributed by atoms with Crippen LogP contribution in [0, 0.1) is 0 Å². The van der Waals surface area contributed by atoms with Crippen LogP contribution in [0.25, 0.3) is 11.3 Å². The molecule has 2 unspecified atom stereocenters. The smallest absolute Gasteiger partial charge is 0.335 e. The van der Waals surface area contributed by atoms with Crippen molar-refractivity contribution in [1.82, 2.24) is 10.3 Å². The van der Waals surface area contributed by atoms with Crippen molar-refractivity contribution in [1.29, 1.82) is 0 Å². The number of thiocarbonyl (C=S) groups is 1. The van der Waals surface area contributed by atoms with Gasteiger partial charge in [0.2, 0.25) is 0 Å². The Morgan fingerprint density at radius 2 is 1.69 bits per heavy atom. The molecule has 1 saturated heterocycles. The number of aromatic carboxylic acids is 2. The van der Waals surface area contributed by atoms with E-state index < -0.39 is 18.0 Å². The summed E-state index contributed by atoms with van der Waals surface area (Å²) in [5.41, 5.74) is 1.60. The summed E-state index contributed by atoms with van der Waals surface area (Å²) in [6, 6.07) is 19.8.